The van der Waals surface area contributed by atoms with E-state index in [4.69, 9.17) is 0 Å². The van der Waals surface area contributed by atoms with E-state index >= 15 is 0 Å². The van der Waals surface area contributed by atoms with Gasteiger partial charge in [-0.2, -0.15) is 0 Å². The van der Waals surface area contributed by atoms with Crippen molar-refractivity contribution in [3.63, 3.8) is 0 Å². The molecule has 25 heavy (non-hydrogen) atoms. The number of ketones is 1. The van der Waals surface area contributed by atoms with Crippen molar-refractivity contribution in [3.05, 3.63) is 83.9 Å². The van der Waals surface area contributed by atoms with Gasteiger partial charge in [-0.25, -0.2) is 0 Å². The van der Waals surface area contributed by atoms with Gasteiger partial charge in [0.05, 0.1) is 0 Å². The zero-order chi connectivity index (χ0) is 17.5. The van der Waals surface area contributed by atoms with E-state index in [1.807, 2.05) is 42.5 Å². The summed E-state index contributed by atoms with van der Waals surface area (Å²) in [6.45, 7) is 0. The van der Waals surface area contributed by atoms with Crippen LogP contribution in [-0.4, -0.2) is 5.78 Å². The first kappa shape index (κ1) is 17.9. The Kier molecular flexibility index (Phi) is 6.41. The molecule has 1 fully saturated rings. The minimum absolute atomic E-state index is 0.206. The minimum atomic E-state index is 0.206. The highest BCUT2D eigenvalue weighted by atomic mass is 79.9. The van der Waals surface area contributed by atoms with Crippen LogP contribution in [0.1, 0.15) is 43.2 Å². The van der Waals surface area contributed by atoms with Crippen LogP contribution in [0.4, 0.5) is 0 Å². The lowest BCUT2D eigenvalue weighted by atomic mass is 9.86. The maximum absolute atomic E-state index is 12.6. The summed E-state index contributed by atoms with van der Waals surface area (Å²) in [6, 6.07) is 20.4. The average molecular weight is 395 g/mol. The third-order valence-corrected chi connectivity index (χ3v) is 5.66. The monoisotopic (exact) mass is 394 g/mol. The molecule has 1 nitrogen and oxygen atoms in total. The first-order chi connectivity index (χ1) is 12.3. The van der Waals surface area contributed by atoms with Crippen LogP contribution in [-0.2, 0) is 4.79 Å². The van der Waals surface area contributed by atoms with Crippen molar-refractivity contribution in [1.82, 2.24) is 0 Å². The van der Waals surface area contributed by atoms with Crippen molar-refractivity contribution in [2.45, 2.75) is 32.1 Å². The van der Waals surface area contributed by atoms with Gasteiger partial charge >= 0.3 is 0 Å². The fourth-order valence-electron chi connectivity index (χ4n) is 3.34. The van der Waals surface area contributed by atoms with Gasteiger partial charge in [0.15, 0.2) is 5.78 Å². The van der Waals surface area contributed by atoms with E-state index in [0.29, 0.717) is 0 Å². The van der Waals surface area contributed by atoms with E-state index in [2.05, 4.69) is 40.2 Å². The Hall–Kier alpha value is -1.93. The summed E-state index contributed by atoms with van der Waals surface area (Å²) in [5.74, 6) is 0.471. The van der Waals surface area contributed by atoms with E-state index in [-0.39, 0.29) is 11.7 Å². The molecule has 0 N–H and O–H groups in total. The van der Waals surface area contributed by atoms with Crippen molar-refractivity contribution in [2.24, 2.45) is 5.92 Å². The lowest BCUT2D eigenvalue weighted by molar-refractivity contribution is -0.119. The average Bonchev–Trinajstić information content (AvgIpc) is 2.70. The normalized spacial score (nSPS) is 16.7. The smallest absolute Gasteiger partial charge is 0.158 e. The Morgan fingerprint density at radius 2 is 1.36 bits per heavy atom. The molecule has 2 heteroatoms. The molecule has 128 valence electrons. The Morgan fingerprint density at radius 1 is 0.800 bits per heavy atom. The van der Waals surface area contributed by atoms with Gasteiger partial charge in [-0.05, 0) is 57.6 Å². The molecular weight excluding hydrogens is 372 g/mol. The van der Waals surface area contributed by atoms with Crippen molar-refractivity contribution >= 4 is 31.8 Å². The molecule has 0 radical (unpaired) electrons. The molecule has 0 unspecified atom stereocenters. The van der Waals surface area contributed by atoms with Crippen molar-refractivity contribution < 1.29 is 4.79 Å². The summed E-state index contributed by atoms with van der Waals surface area (Å²) in [4.78, 5) is 12.6. The predicted octanol–water partition coefficient (Wildman–Crippen LogP) is 6.66. The molecule has 1 aliphatic rings. The topological polar surface area (TPSA) is 17.1 Å². The molecule has 0 aromatic heterocycles. The van der Waals surface area contributed by atoms with E-state index in [1.165, 1.54) is 19.3 Å². The third-order valence-electron chi connectivity index (χ3n) is 4.77. The van der Waals surface area contributed by atoms with Gasteiger partial charge in [0.1, 0.15) is 0 Å². The highest BCUT2D eigenvalue weighted by molar-refractivity contribution is 9.15. The molecule has 0 aliphatic heterocycles. The summed E-state index contributed by atoms with van der Waals surface area (Å²) in [5, 5.41) is 0. The number of carbonyl (C=O) groups excluding carboxylic acids is 1. The van der Waals surface area contributed by atoms with Crippen molar-refractivity contribution in [3.8, 4) is 0 Å². The summed E-state index contributed by atoms with van der Waals surface area (Å²) >= 11 is 3.75. The fourth-order valence-corrected chi connectivity index (χ4v) is 3.97. The largest absolute Gasteiger partial charge is 0.295 e. The van der Waals surface area contributed by atoms with E-state index in [0.717, 1.165) is 34.0 Å². The zero-order valence-corrected chi connectivity index (χ0v) is 15.9. The second-order valence-corrected chi connectivity index (χ2v) is 7.32. The van der Waals surface area contributed by atoms with E-state index in [1.54, 1.807) is 6.08 Å². The lowest BCUT2D eigenvalue weighted by Gasteiger charge is -2.18. The predicted molar refractivity (Wildman–Crippen MR) is 109 cm³/mol. The molecular formula is C23H23BrO. The first-order valence-electron chi connectivity index (χ1n) is 8.98. The van der Waals surface area contributed by atoms with Gasteiger partial charge < -0.3 is 0 Å². The molecule has 1 saturated carbocycles. The van der Waals surface area contributed by atoms with Gasteiger partial charge in [-0.1, -0.05) is 79.9 Å². The molecule has 2 aromatic carbocycles. The SMILES string of the molecule is O=C(/C=C/C(=C(\Br)c1ccccc1)c1ccccc1)C1CCCCC1. The first-order valence-corrected chi connectivity index (χ1v) is 9.77. The summed E-state index contributed by atoms with van der Waals surface area (Å²) in [7, 11) is 0. The molecule has 0 bridgehead atoms. The second-order valence-electron chi connectivity index (χ2n) is 6.53. The Balaban J connectivity index is 1.92. The van der Waals surface area contributed by atoms with Gasteiger partial charge in [-0.15, -0.1) is 0 Å². The lowest BCUT2D eigenvalue weighted by Crippen LogP contribution is -2.15. The van der Waals surface area contributed by atoms with Crippen LogP contribution in [0.5, 0.6) is 0 Å². The van der Waals surface area contributed by atoms with Crippen LogP contribution in [0.3, 0.4) is 0 Å². The van der Waals surface area contributed by atoms with Crippen LogP contribution in [0, 0.1) is 5.92 Å². The van der Waals surface area contributed by atoms with Crippen LogP contribution in [0.2, 0.25) is 0 Å². The maximum Gasteiger partial charge on any atom is 0.158 e. The Labute approximate surface area is 158 Å². The second kappa shape index (κ2) is 8.96. The molecule has 2 aromatic rings. The summed E-state index contributed by atoms with van der Waals surface area (Å²) in [5.41, 5.74) is 3.25. The van der Waals surface area contributed by atoms with Gasteiger partial charge in [0, 0.05) is 10.4 Å². The number of allylic oxidation sites excluding steroid dienone is 3. The van der Waals surface area contributed by atoms with Crippen molar-refractivity contribution in [2.75, 3.05) is 0 Å². The van der Waals surface area contributed by atoms with Crippen molar-refractivity contribution in [1.29, 1.82) is 0 Å². The Bertz CT molecular complexity index is 753. The number of rotatable bonds is 5. The van der Waals surface area contributed by atoms with E-state index < -0.39 is 0 Å². The van der Waals surface area contributed by atoms with E-state index in [9.17, 15) is 4.79 Å². The maximum atomic E-state index is 12.6. The quantitative estimate of drug-likeness (QED) is 0.314. The third kappa shape index (κ3) is 4.79. The molecule has 0 atom stereocenters. The highest BCUT2D eigenvalue weighted by Crippen LogP contribution is 2.32. The van der Waals surface area contributed by atoms with Crippen LogP contribution in [0.15, 0.2) is 72.8 Å². The minimum Gasteiger partial charge on any atom is -0.295 e. The molecule has 0 heterocycles. The van der Waals surface area contributed by atoms with Crippen LogP contribution >= 0.6 is 15.9 Å². The zero-order valence-electron chi connectivity index (χ0n) is 14.3. The number of hydrogen-bond acceptors (Lipinski definition) is 1. The van der Waals surface area contributed by atoms with Crippen LogP contribution < -0.4 is 0 Å². The number of halogens is 1. The fraction of sp³-hybridized carbons (Fsp3) is 0.261. The standard InChI is InChI=1S/C23H23BrO/c24-23(20-14-8-3-9-15-20)21(18-10-4-1-5-11-18)16-17-22(25)19-12-6-2-7-13-19/h1,3-5,8-11,14-17,19H,2,6-7,12-13H2/b17-16+,23-21+. The summed E-state index contributed by atoms with van der Waals surface area (Å²) < 4.78 is 1.01. The van der Waals surface area contributed by atoms with Gasteiger partial charge in [0.25, 0.3) is 0 Å². The highest BCUT2D eigenvalue weighted by Gasteiger charge is 2.19. The Morgan fingerprint density at radius 3 is 1.96 bits per heavy atom. The molecule has 0 spiro atoms. The number of benzene rings is 2. The molecule has 0 amide bonds. The van der Waals surface area contributed by atoms with Gasteiger partial charge in [0.2, 0.25) is 0 Å². The molecule has 1 aliphatic carbocycles. The molecule has 0 saturated heterocycles. The summed E-state index contributed by atoms with van der Waals surface area (Å²) in [6.07, 6.45) is 9.45. The van der Waals surface area contributed by atoms with Crippen LogP contribution in [0.25, 0.3) is 10.1 Å². The number of carbonyl (C=O) groups is 1. The number of hydrogen-bond donors (Lipinski definition) is 0. The van der Waals surface area contributed by atoms with Gasteiger partial charge in [-0.3, -0.25) is 4.79 Å². The molecule has 3 rings (SSSR count).